The Labute approximate surface area is 75.0 Å². The molecule has 12 heavy (non-hydrogen) atoms. The van der Waals surface area contributed by atoms with E-state index in [9.17, 15) is 4.79 Å². The molecule has 0 aliphatic rings. The second-order valence-corrected chi connectivity index (χ2v) is 3.70. The van der Waals surface area contributed by atoms with Crippen LogP contribution in [-0.4, -0.2) is 17.0 Å². The van der Waals surface area contributed by atoms with Crippen molar-refractivity contribution in [2.24, 2.45) is 5.41 Å². The lowest BCUT2D eigenvalue weighted by Gasteiger charge is -2.27. The predicted molar refractivity (Wildman–Crippen MR) is 50.0 cm³/mol. The maximum atomic E-state index is 11.5. The molecule has 0 heterocycles. The van der Waals surface area contributed by atoms with Crippen molar-refractivity contribution in [3.8, 4) is 0 Å². The number of aliphatic hydroxyl groups excluding tert-OH is 1. The van der Waals surface area contributed by atoms with E-state index in [1.165, 1.54) is 0 Å². The van der Waals surface area contributed by atoms with Crippen LogP contribution in [0.2, 0.25) is 0 Å². The number of rotatable bonds is 5. The van der Waals surface area contributed by atoms with E-state index >= 15 is 0 Å². The number of hydrogen-bond acceptors (Lipinski definition) is 2. The first-order valence-electron chi connectivity index (χ1n) is 4.70. The van der Waals surface area contributed by atoms with Gasteiger partial charge in [0.1, 0.15) is 6.10 Å². The lowest BCUT2D eigenvalue weighted by atomic mass is 9.77. The van der Waals surface area contributed by atoms with Crippen LogP contribution in [0.1, 0.15) is 47.0 Å². The molecule has 2 unspecified atom stereocenters. The van der Waals surface area contributed by atoms with Gasteiger partial charge >= 0.3 is 0 Å². The molecule has 72 valence electrons. The predicted octanol–water partition coefficient (Wildman–Crippen LogP) is 2.15. The average molecular weight is 172 g/mol. The summed E-state index contributed by atoms with van der Waals surface area (Å²) in [6, 6.07) is 0. The Morgan fingerprint density at radius 3 is 2.25 bits per heavy atom. The van der Waals surface area contributed by atoms with Crippen molar-refractivity contribution in [1.29, 1.82) is 0 Å². The Kier molecular flexibility index (Phi) is 4.46. The molecular formula is C10H20O2. The number of Topliss-reactive ketones (excluding diaryl/α,β-unsaturated/α-hetero) is 1. The molecular weight excluding hydrogens is 152 g/mol. The van der Waals surface area contributed by atoms with E-state index < -0.39 is 6.10 Å². The van der Waals surface area contributed by atoms with Crippen molar-refractivity contribution < 1.29 is 9.90 Å². The highest BCUT2D eigenvalue weighted by atomic mass is 16.3. The number of aliphatic hydroxyl groups is 1. The summed E-state index contributed by atoms with van der Waals surface area (Å²) in [5.74, 6) is -0.0214. The summed E-state index contributed by atoms with van der Waals surface area (Å²) in [6.45, 7) is 7.54. The zero-order valence-corrected chi connectivity index (χ0v) is 8.55. The fourth-order valence-electron chi connectivity index (χ4n) is 1.53. The highest BCUT2D eigenvalue weighted by molar-refractivity contribution is 5.87. The van der Waals surface area contributed by atoms with Crippen LogP contribution in [-0.2, 0) is 4.79 Å². The molecule has 0 saturated carbocycles. The summed E-state index contributed by atoms with van der Waals surface area (Å²) in [5.41, 5.74) is -0.317. The summed E-state index contributed by atoms with van der Waals surface area (Å²) in [5, 5.41) is 9.16. The molecule has 1 N–H and O–H groups in total. The maximum absolute atomic E-state index is 11.5. The first-order chi connectivity index (χ1) is 5.48. The minimum Gasteiger partial charge on any atom is -0.386 e. The van der Waals surface area contributed by atoms with Crippen molar-refractivity contribution >= 4 is 5.78 Å². The van der Waals surface area contributed by atoms with E-state index in [-0.39, 0.29) is 11.2 Å². The molecule has 0 amide bonds. The van der Waals surface area contributed by atoms with Crippen LogP contribution in [0.3, 0.4) is 0 Å². The van der Waals surface area contributed by atoms with E-state index in [1.54, 1.807) is 6.92 Å². The third-order valence-corrected chi connectivity index (χ3v) is 2.56. The van der Waals surface area contributed by atoms with Crippen LogP contribution in [0.4, 0.5) is 0 Å². The molecule has 0 aliphatic heterocycles. The Hall–Kier alpha value is -0.370. The molecule has 2 atom stereocenters. The molecule has 0 fully saturated rings. The van der Waals surface area contributed by atoms with Crippen molar-refractivity contribution in [3.63, 3.8) is 0 Å². The second kappa shape index (κ2) is 4.61. The second-order valence-electron chi connectivity index (χ2n) is 3.70. The standard InChI is InChI=1S/C10H20O2/c1-5-7-10(4,6-2)9(12)8(3)11/h8,11H,5-7H2,1-4H3. The van der Waals surface area contributed by atoms with E-state index in [0.717, 1.165) is 19.3 Å². The van der Waals surface area contributed by atoms with Crippen molar-refractivity contribution in [2.75, 3.05) is 0 Å². The van der Waals surface area contributed by atoms with Crippen LogP contribution >= 0.6 is 0 Å². The van der Waals surface area contributed by atoms with Gasteiger partial charge in [-0.2, -0.15) is 0 Å². The molecule has 2 nitrogen and oxygen atoms in total. The fourth-order valence-corrected chi connectivity index (χ4v) is 1.53. The zero-order chi connectivity index (χ0) is 9.78. The Morgan fingerprint density at radius 2 is 2.00 bits per heavy atom. The SMILES string of the molecule is CCCC(C)(CC)C(=O)C(C)O. The smallest absolute Gasteiger partial charge is 0.166 e. The van der Waals surface area contributed by atoms with Crippen LogP contribution in [0.25, 0.3) is 0 Å². The highest BCUT2D eigenvalue weighted by Crippen LogP contribution is 2.29. The Balaban J connectivity index is 4.40. The highest BCUT2D eigenvalue weighted by Gasteiger charge is 2.32. The topological polar surface area (TPSA) is 37.3 Å². The third kappa shape index (κ3) is 2.59. The van der Waals surface area contributed by atoms with Gasteiger partial charge in [-0.3, -0.25) is 4.79 Å². The summed E-state index contributed by atoms with van der Waals surface area (Å²) < 4.78 is 0. The molecule has 2 heteroatoms. The molecule has 0 aromatic rings. The first-order valence-corrected chi connectivity index (χ1v) is 4.70. The summed E-state index contributed by atoms with van der Waals surface area (Å²) >= 11 is 0. The van der Waals surface area contributed by atoms with Gasteiger partial charge in [0.05, 0.1) is 0 Å². The molecule has 0 radical (unpaired) electrons. The number of ketones is 1. The van der Waals surface area contributed by atoms with Crippen LogP contribution in [0.5, 0.6) is 0 Å². The quantitative estimate of drug-likeness (QED) is 0.690. The summed E-state index contributed by atoms with van der Waals surface area (Å²) in [7, 11) is 0. The van der Waals surface area contributed by atoms with Gasteiger partial charge in [0.15, 0.2) is 5.78 Å². The maximum Gasteiger partial charge on any atom is 0.166 e. The summed E-state index contributed by atoms with van der Waals surface area (Å²) in [4.78, 5) is 11.5. The molecule has 0 bridgehead atoms. The van der Waals surface area contributed by atoms with Gasteiger partial charge in [-0.15, -0.1) is 0 Å². The average Bonchev–Trinajstić information content (AvgIpc) is 2.03. The molecule has 0 rings (SSSR count). The molecule has 0 saturated heterocycles. The fraction of sp³-hybridized carbons (Fsp3) is 0.900. The minimum atomic E-state index is -0.818. The van der Waals surface area contributed by atoms with E-state index in [0.29, 0.717) is 0 Å². The van der Waals surface area contributed by atoms with Gasteiger partial charge in [0, 0.05) is 5.41 Å². The normalized spacial score (nSPS) is 18.4. The largest absolute Gasteiger partial charge is 0.386 e. The Morgan fingerprint density at radius 1 is 1.50 bits per heavy atom. The zero-order valence-electron chi connectivity index (χ0n) is 8.55. The minimum absolute atomic E-state index is 0.0214. The summed E-state index contributed by atoms with van der Waals surface area (Å²) in [6.07, 6.45) is 1.85. The van der Waals surface area contributed by atoms with Gasteiger partial charge in [-0.05, 0) is 19.8 Å². The third-order valence-electron chi connectivity index (χ3n) is 2.56. The monoisotopic (exact) mass is 172 g/mol. The Bertz CT molecular complexity index is 152. The van der Waals surface area contributed by atoms with Gasteiger partial charge in [-0.25, -0.2) is 0 Å². The van der Waals surface area contributed by atoms with Gasteiger partial charge < -0.3 is 5.11 Å². The van der Waals surface area contributed by atoms with Crippen molar-refractivity contribution in [1.82, 2.24) is 0 Å². The first kappa shape index (κ1) is 11.6. The van der Waals surface area contributed by atoms with E-state index in [1.807, 2.05) is 13.8 Å². The van der Waals surface area contributed by atoms with Gasteiger partial charge in [0.25, 0.3) is 0 Å². The lowest BCUT2D eigenvalue weighted by Crippen LogP contribution is -2.34. The molecule has 0 aromatic heterocycles. The van der Waals surface area contributed by atoms with Crippen molar-refractivity contribution in [2.45, 2.75) is 53.1 Å². The van der Waals surface area contributed by atoms with Crippen LogP contribution in [0, 0.1) is 5.41 Å². The molecule has 0 aliphatic carbocycles. The number of hydrogen-bond donors (Lipinski definition) is 1. The molecule has 0 aromatic carbocycles. The van der Waals surface area contributed by atoms with Crippen LogP contribution < -0.4 is 0 Å². The van der Waals surface area contributed by atoms with Gasteiger partial charge in [0.2, 0.25) is 0 Å². The van der Waals surface area contributed by atoms with Crippen molar-refractivity contribution in [3.05, 3.63) is 0 Å². The van der Waals surface area contributed by atoms with E-state index in [4.69, 9.17) is 5.11 Å². The van der Waals surface area contributed by atoms with E-state index in [2.05, 4.69) is 6.92 Å². The van der Waals surface area contributed by atoms with Gasteiger partial charge in [-0.1, -0.05) is 27.2 Å². The number of carbonyl (C=O) groups excluding carboxylic acids is 1. The number of carbonyl (C=O) groups is 1. The molecule has 0 spiro atoms. The van der Waals surface area contributed by atoms with Crippen LogP contribution in [0.15, 0.2) is 0 Å². The lowest BCUT2D eigenvalue weighted by molar-refractivity contribution is -0.136.